The van der Waals surface area contributed by atoms with Crippen LogP contribution >= 0.6 is 15.9 Å². The van der Waals surface area contributed by atoms with Gasteiger partial charge < -0.3 is 4.57 Å². The van der Waals surface area contributed by atoms with Gasteiger partial charge >= 0.3 is 0 Å². The van der Waals surface area contributed by atoms with Crippen molar-refractivity contribution < 1.29 is 8.42 Å². The molecule has 1 aliphatic rings. The van der Waals surface area contributed by atoms with Gasteiger partial charge in [-0.2, -0.15) is 0 Å². The van der Waals surface area contributed by atoms with Crippen LogP contribution in [0.1, 0.15) is 24.6 Å². The molecule has 1 aromatic carbocycles. The van der Waals surface area contributed by atoms with Crippen molar-refractivity contribution in [3.63, 3.8) is 0 Å². The van der Waals surface area contributed by atoms with Crippen molar-refractivity contribution in [3.05, 3.63) is 47.0 Å². The van der Waals surface area contributed by atoms with E-state index in [2.05, 4.69) is 25.6 Å². The van der Waals surface area contributed by atoms with Crippen molar-refractivity contribution in [2.75, 3.05) is 6.54 Å². The van der Waals surface area contributed by atoms with Crippen LogP contribution in [-0.4, -0.2) is 24.5 Å². The molecule has 0 spiro atoms. The zero-order chi connectivity index (χ0) is 14.9. The van der Waals surface area contributed by atoms with Crippen molar-refractivity contribution in [2.45, 2.75) is 30.2 Å². The Labute approximate surface area is 132 Å². The van der Waals surface area contributed by atoms with Crippen LogP contribution in [0.4, 0.5) is 0 Å². The van der Waals surface area contributed by atoms with Crippen molar-refractivity contribution in [3.8, 4) is 0 Å². The molecular weight excluding hydrogens is 354 g/mol. The minimum absolute atomic E-state index is 0.262. The summed E-state index contributed by atoms with van der Waals surface area (Å²) in [6.45, 7) is 0.940. The highest BCUT2D eigenvalue weighted by Crippen LogP contribution is 2.38. The van der Waals surface area contributed by atoms with Crippen LogP contribution in [0.25, 0.3) is 0 Å². The SMILES string of the molecule is O=S(=O)(NCCn1ccnc1C1CC1)c1ccccc1Br. The van der Waals surface area contributed by atoms with E-state index in [4.69, 9.17) is 0 Å². The summed E-state index contributed by atoms with van der Waals surface area (Å²) in [6.07, 6.45) is 6.04. The number of hydrogen-bond acceptors (Lipinski definition) is 3. The summed E-state index contributed by atoms with van der Waals surface area (Å²) in [5.41, 5.74) is 0. The van der Waals surface area contributed by atoms with Crippen molar-refractivity contribution in [1.82, 2.24) is 14.3 Å². The van der Waals surface area contributed by atoms with Crippen LogP contribution in [0.5, 0.6) is 0 Å². The van der Waals surface area contributed by atoms with Crippen molar-refractivity contribution >= 4 is 26.0 Å². The largest absolute Gasteiger partial charge is 0.333 e. The van der Waals surface area contributed by atoms with E-state index in [1.165, 1.54) is 12.8 Å². The zero-order valence-corrected chi connectivity index (χ0v) is 13.8. The average Bonchev–Trinajstić information content (AvgIpc) is 3.19. The highest BCUT2D eigenvalue weighted by Gasteiger charge is 2.27. The minimum Gasteiger partial charge on any atom is -0.333 e. The van der Waals surface area contributed by atoms with Gasteiger partial charge in [0.15, 0.2) is 0 Å². The molecule has 0 unspecified atom stereocenters. The maximum absolute atomic E-state index is 12.2. The highest BCUT2D eigenvalue weighted by atomic mass is 79.9. The van der Waals surface area contributed by atoms with Crippen LogP contribution in [0.3, 0.4) is 0 Å². The molecule has 5 nitrogen and oxygen atoms in total. The molecule has 1 aliphatic carbocycles. The van der Waals surface area contributed by atoms with Gasteiger partial charge in [-0.3, -0.25) is 0 Å². The molecule has 112 valence electrons. The van der Waals surface area contributed by atoms with E-state index < -0.39 is 10.0 Å². The molecule has 2 aromatic rings. The fourth-order valence-electron chi connectivity index (χ4n) is 2.25. The molecule has 0 bridgehead atoms. The first kappa shape index (κ1) is 14.7. The van der Waals surface area contributed by atoms with E-state index >= 15 is 0 Å². The molecule has 21 heavy (non-hydrogen) atoms. The molecule has 1 heterocycles. The van der Waals surface area contributed by atoms with Gasteiger partial charge in [-0.25, -0.2) is 18.1 Å². The van der Waals surface area contributed by atoms with Gasteiger partial charge in [0, 0.05) is 35.9 Å². The Morgan fingerprint density at radius 1 is 1.33 bits per heavy atom. The van der Waals surface area contributed by atoms with E-state index in [9.17, 15) is 8.42 Å². The normalized spacial score (nSPS) is 15.3. The molecular formula is C14H16BrN3O2S. The minimum atomic E-state index is -3.49. The van der Waals surface area contributed by atoms with Crippen LogP contribution < -0.4 is 4.72 Å². The molecule has 0 aliphatic heterocycles. The van der Waals surface area contributed by atoms with Crippen molar-refractivity contribution in [1.29, 1.82) is 0 Å². The number of sulfonamides is 1. The lowest BCUT2D eigenvalue weighted by Gasteiger charge is -2.10. The second kappa shape index (κ2) is 5.90. The van der Waals surface area contributed by atoms with E-state index in [-0.39, 0.29) is 4.90 Å². The Hall–Kier alpha value is -1.18. The van der Waals surface area contributed by atoms with Gasteiger partial charge in [-0.05, 0) is 40.9 Å². The predicted molar refractivity (Wildman–Crippen MR) is 83.5 cm³/mol. The molecule has 0 amide bonds. The number of imidazole rings is 1. The maximum atomic E-state index is 12.2. The van der Waals surface area contributed by atoms with Gasteiger partial charge in [0.2, 0.25) is 10.0 Å². The van der Waals surface area contributed by atoms with Gasteiger partial charge in [0.1, 0.15) is 5.82 Å². The van der Waals surface area contributed by atoms with Gasteiger partial charge in [-0.15, -0.1) is 0 Å². The maximum Gasteiger partial charge on any atom is 0.241 e. The molecule has 1 saturated carbocycles. The second-order valence-electron chi connectivity index (χ2n) is 5.08. The fraction of sp³-hybridized carbons (Fsp3) is 0.357. The van der Waals surface area contributed by atoms with Crippen LogP contribution in [0.15, 0.2) is 46.0 Å². The Bertz CT molecular complexity index is 738. The fourth-order valence-corrected chi connectivity index (χ4v) is 4.27. The van der Waals surface area contributed by atoms with Crippen LogP contribution in [0.2, 0.25) is 0 Å². The first-order chi connectivity index (χ1) is 10.1. The van der Waals surface area contributed by atoms with Crippen molar-refractivity contribution in [2.24, 2.45) is 0 Å². The van der Waals surface area contributed by atoms with E-state index in [1.54, 1.807) is 30.5 Å². The summed E-state index contributed by atoms with van der Waals surface area (Å²) >= 11 is 3.27. The Balaban J connectivity index is 1.64. The third-order valence-corrected chi connectivity index (χ3v) is 5.93. The number of nitrogens with one attached hydrogen (secondary N) is 1. The number of nitrogens with zero attached hydrogens (tertiary/aromatic N) is 2. The lowest BCUT2D eigenvalue weighted by Crippen LogP contribution is -2.28. The van der Waals surface area contributed by atoms with Gasteiger partial charge in [0.05, 0.1) is 4.90 Å². The van der Waals surface area contributed by atoms with Gasteiger partial charge in [-0.1, -0.05) is 12.1 Å². The summed E-state index contributed by atoms with van der Waals surface area (Å²) in [6, 6.07) is 6.80. The Kier molecular flexibility index (Phi) is 4.14. The van der Waals surface area contributed by atoms with Gasteiger partial charge in [0.25, 0.3) is 0 Å². The Morgan fingerprint density at radius 3 is 2.81 bits per heavy atom. The molecule has 1 aromatic heterocycles. The Morgan fingerprint density at radius 2 is 2.10 bits per heavy atom. The number of halogens is 1. The molecule has 0 atom stereocenters. The van der Waals surface area contributed by atoms with E-state index in [1.807, 2.05) is 10.8 Å². The molecule has 7 heteroatoms. The van der Waals surface area contributed by atoms with Crippen LogP contribution in [0, 0.1) is 0 Å². The first-order valence-corrected chi connectivity index (χ1v) is 9.11. The second-order valence-corrected chi connectivity index (χ2v) is 7.67. The standard InChI is InChI=1S/C14H16BrN3O2S/c15-12-3-1-2-4-13(12)21(19,20)17-8-10-18-9-7-16-14(18)11-5-6-11/h1-4,7,9,11,17H,5-6,8,10H2. The topological polar surface area (TPSA) is 64.0 Å². The third kappa shape index (κ3) is 3.36. The summed E-state index contributed by atoms with van der Waals surface area (Å²) < 4.78 is 29.7. The number of benzene rings is 1. The predicted octanol–water partition coefficient (Wildman–Crippen LogP) is 2.50. The third-order valence-electron chi connectivity index (χ3n) is 3.46. The molecule has 1 fully saturated rings. The van der Waals surface area contributed by atoms with E-state index in [0.29, 0.717) is 23.5 Å². The number of rotatable bonds is 6. The summed E-state index contributed by atoms with van der Waals surface area (Å²) in [7, 11) is -3.49. The number of hydrogen-bond donors (Lipinski definition) is 1. The monoisotopic (exact) mass is 369 g/mol. The first-order valence-electron chi connectivity index (χ1n) is 6.83. The summed E-state index contributed by atoms with van der Waals surface area (Å²) in [5, 5.41) is 0. The zero-order valence-electron chi connectivity index (χ0n) is 11.4. The summed E-state index contributed by atoms with van der Waals surface area (Å²) in [4.78, 5) is 4.61. The quantitative estimate of drug-likeness (QED) is 0.850. The average molecular weight is 370 g/mol. The molecule has 1 N–H and O–H groups in total. The lowest BCUT2D eigenvalue weighted by molar-refractivity contribution is 0.568. The smallest absolute Gasteiger partial charge is 0.241 e. The summed E-state index contributed by atoms with van der Waals surface area (Å²) in [5.74, 6) is 1.62. The molecule has 3 rings (SSSR count). The highest BCUT2D eigenvalue weighted by molar-refractivity contribution is 9.10. The van der Waals surface area contributed by atoms with Crippen LogP contribution in [-0.2, 0) is 16.6 Å². The van der Waals surface area contributed by atoms with E-state index in [0.717, 1.165) is 5.82 Å². The molecule has 0 saturated heterocycles. The molecule has 0 radical (unpaired) electrons. The lowest BCUT2D eigenvalue weighted by atomic mass is 10.4. The number of aromatic nitrogens is 2.